The number of rotatable bonds is 7. The first kappa shape index (κ1) is 14.0. The van der Waals surface area contributed by atoms with Crippen molar-refractivity contribution in [2.45, 2.75) is 32.2 Å². The Morgan fingerprint density at radius 2 is 1.83 bits per heavy atom. The van der Waals surface area contributed by atoms with Gasteiger partial charge in [0.05, 0.1) is 5.56 Å². The number of benzene rings is 1. The zero-order valence-electron chi connectivity index (χ0n) is 10.2. The van der Waals surface area contributed by atoms with E-state index >= 15 is 0 Å². The Hall–Kier alpha value is -2.04. The summed E-state index contributed by atoms with van der Waals surface area (Å²) in [4.78, 5) is 21.7. The second-order valence-electron chi connectivity index (χ2n) is 4.06. The monoisotopic (exact) mass is 251 g/mol. The standard InChI is InChI=1S/C13H17NO4/c1-2-3-4-11(13(17)18)14-10-7-5-9(6-8-10)12(15)16/h5-8,11,14H,2-4H2,1H3,(H,15,16)(H,17,18). The number of hydrogen-bond acceptors (Lipinski definition) is 3. The molecule has 0 aliphatic heterocycles. The topological polar surface area (TPSA) is 86.6 Å². The van der Waals surface area contributed by atoms with Gasteiger partial charge in [-0.25, -0.2) is 9.59 Å². The average Bonchev–Trinajstić information content (AvgIpc) is 2.34. The molecule has 0 aliphatic carbocycles. The van der Waals surface area contributed by atoms with Crippen molar-refractivity contribution in [1.29, 1.82) is 0 Å². The number of aliphatic carboxylic acids is 1. The normalized spacial score (nSPS) is 11.8. The van der Waals surface area contributed by atoms with Gasteiger partial charge in [0.1, 0.15) is 6.04 Å². The van der Waals surface area contributed by atoms with Gasteiger partial charge in [-0.15, -0.1) is 0 Å². The SMILES string of the molecule is CCCCC(Nc1ccc(C(=O)O)cc1)C(=O)O. The van der Waals surface area contributed by atoms with Gasteiger partial charge in [-0.1, -0.05) is 19.8 Å². The quantitative estimate of drug-likeness (QED) is 0.692. The highest BCUT2D eigenvalue weighted by atomic mass is 16.4. The zero-order chi connectivity index (χ0) is 13.5. The summed E-state index contributed by atoms with van der Waals surface area (Å²) in [6, 6.07) is 5.41. The summed E-state index contributed by atoms with van der Waals surface area (Å²) >= 11 is 0. The fraction of sp³-hybridized carbons (Fsp3) is 0.385. The first-order chi connectivity index (χ1) is 8.54. The van der Waals surface area contributed by atoms with Gasteiger partial charge in [-0.05, 0) is 30.7 Å². The minimum Gasteiger partial charge on any atom is -0.480 e. The molecule has 0 amide bonds. The van der Waals surface area contributed by atoms with Gasteiger partial charge in [0, 0.05) is 5.69 Å². The molecule has 1 aromatic carbocycles. The third-order valence-electron chi connectivity index (χ3n) is 2.62. The van der Waals surface area contributed by atoms with Crippen molar-refractivity contribution in [3.05, 3.63) is 29.8 Å². The molecule has 98 valence electrons. The van der Waals surface area contributed by atoms with E-state index in [-0.39, 0.29) is 5.56 Å². The number of nitrogens with one attached hydrogen (secondary N) is 1. The van der Waals surface area contributed by atoms with E-state index in [0.717, 1.165) is 12.8 Å². The van der Waals surface area contributed by atoms with Gasteiger partial charge in [0.2, 0.25) is 0 Å². The first-order valence-corrected chi connectivity index (χ1v) is 5.87. The second kappa shape index (κ2) is 6.64. The summed E-state index contributed by atoms with van der Waals surface area (Å²) in [5.41, 5.74) is 0.796. The molecule has 3 N–H and O–H groups in total. The van der Waals surface area contributed by atoms with Crippen LogP contribution in [0, 0.1) is 0 Å². The van der Waals surface area contributed by atoms with Crippen LogP contribution >= 0.6 is 0 Å². The third kappa shape index (κ3) is 4.08. The molecule has 0 saturated carbocycles. The van der Waals surface area contributed by atoms with Crippen LogP contribution in [0.5, 0.6) is 0 Å². The van der Waals surface area contributed by atoms with Crippen molar-refractivity contribution >= 4 is 17.6 Å². The highest BCUT2D eigenvalue weighted by Crippen LogP contribution is 2.13. The fourth-order valence-electron chi connectivity index (χ4n) is 1.58. The summed E-state index contributed by atoms with van der Waals surface area (Å²) in [6.07, 6.45) is 2.31. The van der Waals surface area contributed by atoms with Crippen LogP contribution in [-0.2, 0) is 4.79 Å². The second-order valence-corrected chi connectivity index (χ2v) is 4.06. The summed E-state index contributed by atoms with van der Waals surface area (Å²) in [5.74, 6) is -1.90. The molecular formula is C13H17NO4. The van der Waals surface area contributed by atoms with E-state index in [1.165, 1.54) is 12.1 Å². The molecule has 0 saturated heterocycles. The maximum absolute atomic E-state index is 11.0. The average molecular weight is 251 g/mol. The van der Waals surface area contributed by atoms with E-state index < -0.39 is 18.0 Å². The molecule has 0 spiro atoms. The lowest BCUT2D eigenvalue weighted by molar-refractivity contribution is -0.138. The summed E-state index contributed by atoms with van der Waals surface area (Å²) in [6.45, 7) is 2.00. The van der Waals surface area contributed by atoms with Crippen LogP contribution in [-0.4, -0.2) is 28.2 Å². The van der Waals surface area contributed by atoms with E-state index in [1.807, 2.05) is 6.92 Å². The summed E-state index contributed by atoms with van der Waals surface area (Å²) in [7, 11) is 0. The van der Waals surface area contributed by atoms with Crippen LogP contribution in [0.2, 0.25) is 0 Å². The minimum absolute atomic E-state index is 0.181. The van der Waals surface area contributed by atoms with Crippen molar-refractivity contribution in [3.63, 3.8) is 0 Å². The molecule has 0 radical (unpaired) electrons. The molecule has 5 heteroatoms. The molecule has 0 fully saturated rings. The molecule has 0 bridgehead atoms. The molecule has 0 heterocycles. The van der Waals surface area contributed by atoms with Gasteiger partial charge >= 0.3 is 11.9 Å². The van der Waals surface area contributed by atoms with Gasteiger partial charge in [-0.2, -0.15) is 0 Å². The Morgan fingerprint density at radius 3 is 2.28 bits per heavy atom. The largest absolute Gasteiger partial charge is 0.480 e. The van der Waals surface area contributed by atoms with E-state index in [9.17, 15) is 9.59 Å². The van der Waals surface area contributed by atoms with E-state index in [2.05, 4.69) is 5.32 Å². The maximum atomic E-state index is 11.0. The minimum atomic E-state index is -0.998. The third-order valence-corrected chi connectivity index (χ3v) is 2.62. The maximum Gasteiger partial charge on any atom is 0.335 e. The van der Waals surface area contributed by atoms with Gasteiger partial charge in [-0.3, -0.25) is 0 Å². The first-order valence-electron chi connectivity index (χ1n) is 5.87. The van der Waals surface area contributed by atoms with Crippen molar-refractivity contribution in [2.24, 2.45) is 0 Å². The molecule has 18 heavy (non-hydrogen) atoms. The van der Waals surface area contributed by atoms with E-state index in [1.54, 1.807) is 12.1 Å². The number of hydrogen-bond donors (Lipinski definition) is 3. The van der Waals surface area contributed by atoms with Crippen LogP contribution in [0.1, 0.15) is 36.5 Å². The number of carboxylic acid groups (broad SMARTS) is 2. The van der Waals surface area contributed by atoms with Crippen LogP contribution in [0.15, 0.2) is 24.3 Å². The Balaban J connectivity index is 2.68. The lowest BCUT2D eigenvalue weighted by Crippen LogP contribution is -2.29. The predicted octanol–water partition coefficient (Wildman–Crippen LogP) is 2.44. The van der Waals surface area contributed by atoms with Crippen LogP contribution in [0.4, 0.5) is 5.69 Å². The van der Waals surface area contributed by atoms with Gasteiger partial charge in [0.15, 0.2) is 0 Å². The van der Waals surface area contributed by atoms with Crippen molar-refractivity contribution < 1.29 is 19.8 Å². The van der Waals surface area contributed by atoms with Gasteiger partial charge in [0.25, 0.3) is 0 Å². The highest BCUT2D eigenvalue weighted by Gasteiger charge is 2.16. The molecule has 0 aromatic heterocycles. The summed E-state index contributed by atoms with van der Waals surface area (Å²) < 4.78 is 0. The number of unbranched alkanes of at least 4 members (excludes halogenated alkanes) is 1. The van der Waals surface area contributed by atoms with E-state index in [4.69, 9.17) is 10.2 Å². The van der Waals surface area contributed by atoms with Crippen LogP contribution < -0.4 is 5.32 Å². The predicted molar refractivity (Wildman–Crippen MR) is 68.0 cm³/mol. The Morgan fingerprint density at radius 1 is 1.22 bits per heavy atom. The lowest BCUT2D eigenvalue weighted by atomic mass is 10.1. The number of carboxylic acids is 2. The highest BCUT2D eigenvalue weighted by molar-refractivity contribution is 5.88. The Kier molecular flexibility index (Phi) is 5.17. The molecule has 0 aliphatic rings. The van der Waals surface area contributed by atoms with E-state index in [0.29, 0.717) is 12.1 Å². The molecule has 5 nitrogen and oxygen atoms in total. The van der Waals surface area contributed by atoms with Crippen molar-refractivity contribution in [2.75, 3.05) is 5.32 Å². The van der Waals surface area contributed by atoms with Crippen LogP contribution in [0.25, 0.3) is 0 Å². The van der Waals surface area contributed by atoms with Crippen molar-refractivity contribution in [3.8, 4) is 0 Å². The number of aromatic carboxylic acids is 1. The fourth-order valence-corrected chi connectivity index (χ4v) is 1.58. The smallest absolute Gasteiger partial charge is 0.335 e. The zero-order valence-corrected chi connectivity index (χ0v) is 10.2. The van der Waals surface area contributed by atoms with Crippen LogP contribution in [0.3, 0.4) is 0 Å². The Bertz CT molecular complexity index is 414. The van der Waals surface area contributed by atoms with Gasteiger partial charge < -0.3 is 15.5 Å². The molecule has 1 aromatic rings. The molecule has 1 atom stereocenters. The number of carbonyl (C=O) groups is 2. The lowest BCUT2D eigenvalue weighted by Gasteiger charge is -2.15. The molecular weight excluding hydrogens is 234 g/mol. The molecule has 1 unspecified atom stereocenters. The summed E-state index contributed by atoms with van der Waals surface area (Å²) in [5, 5.41) is 20.7. The molecule has 1 rings (SSSR count). The van der Waals surface area contributed by atoms with Crippen molar-refractivity contribution in [1.82, 2.24) is 0 Å². The Labute approximate surface area is 105 Å². The number of anilines is 1.